The van der Waals surface area contributed by atoms with E-state index in [0.29, 0.717) is 22.6 Å². The summed E-state index contributed by atoms with van der Waals surface area (Å²) in [7, 11) is 0. The molecule has 0 atom stereocenters. The number of hydrogen-bond donors (Lipinski definition) is 0. The normalized spacial score (nSPS) is 10.1. The van der Waals surface area contributed by atoms with Crippen molar-refractivity contribution in [1.29, 1.82) is 5.26 Å². The van der Waals surface area contributed by atoms with E-state index in [9.17, 15) is 4.39 Å². The second-order valence-corrected chi connectivity index (χ2v) is 4.73. The van der Waals surface area contributed by atoms with Gasteiger partial charge < -0.3 is 4.74 Å². The van der Waals surface area contributed by atoms with Crippen LogP contribution < -0.4 is 4.74 Å². The van der Waals surface area contributed by atoms with Gasteiger partial charge in [0.25, 0.3) is 5.88 Å². The fraction of sp³-hybridized carbons (Fsp3) is 0.154. The molecule has 1 aromatic carbocycles. The van der Waals surface area contributed by atoms with Crippen LogP contribution in [0.15, 0.2) is 22.7 Å². The van der Waals surface area contributed by atoms with E-state index in [1.165, 1.54) is 18.2 Å². The monoisotopic (exact) mass is 321 g/mol. The molecular weight excluding hydrogens is 313 g/mol. The average molecular weight is 322 g/mol. The number of nitriles is 1. The Hall–Kier alpha value is -2.00. The van der Waals surface area contributed by atoms with Crippen LogP contribution in [0.25, 0.3) is 0 Å². The number of ether oxygens (including phenoxy) is 1. The van der Waals surface area contributed by atoms with E-state index in [-0.39, 0.29) is 16.2 Å². The number of rotatable bonds is 2. The Morgan fingerprint density at radius 2 is 2.05 bits per heavy atom. The maximum absolute atomic E-state index is 13.1. The summed E-state index contributed by atoms with van der Waals surface area (Å²) >= 11 is 3.07. The Morgan fingerprint density at radius 3 is 2.68 bits per heavy atom. The van der Waals surface area contributed by atoms with Gasteiger partial charge in [-0.3, -0.25) is 0 Å². The third-order valence-corrected chi connectivity index (χ3v) is 3.25. The van der Waals surface area contributed by atoms with Gasteiger partial charge in [-0.25, -0.2) is 4.39 Å². The van der Waals surface area contributed by atoms with Crippen molar-refractivity contribution in [1.82, 2.24) is 10.2 Å². The average Bonchev–Trinajstić information content (AvgIpc) is 2.39. The highest BCUT2D eigenvalue weighted by Gasteiger charge is 2.13. The molecule has 0 aliphatic carbocycles. The molecule has 2 aromatic rings. The van der Waals surface area contributed by atoms with Crippen LogP contribution >= 0.6 is 15.9 Å². The van der Waals surface area contributed by atoms with Crippen molar-refractivity contribution in [3.05, 3.63) is 45.3 Å². The van der Waals surface area contributed by atoms with E-state index in [1.807, 2.05) is 6.07 Å². The Kier molecular flexibility index (Phi) is 3.76. The molecule has 0 saturated carbocycles. The molecule has 0 saturated heterocycles. The second kappa shape index (κ2) is 5.33. The molecule has 0 spiro atoms. The van der Waals surface area contributed by atoms with Crippen molar-refractivity contribution < 1.29 is 9.13 Å². The van der Waals surface area contributed by atoms with Crippen LogP contribution in [0.5, 0.6) is 11.6 Å². The zero-order chi connectivity index (χ0) is 14.0. The van der Waals surface area contributed by atoms with Crippen LogP contribution in [0.4, 0.5) is 4.39 Å². The molecule has 0 amide bonds. The first-order chi connectivity index (χ1) is 9.02. The predicted molar refractivity (Wildman–Crippen MR) is 70.4 cm³/mol. The second-order valence-electron chi connectivity index (χ2n) is 3.88. The van der Waals surface area contributed by atoms with Gasteiger partial charge >= 0.3 is 0 Å². The Bertz CT molecular complexity index is 682. The summed E-state index contributed by atoms with van der Waals surface area (Å²) in [6, 6.07) is 6.22. The molecule has 0 N–H and O–H groups in total. The minimum absolute atomic E-state index is 0.115. The molecule has 4 nitrogen and oxygen atoms in total. The number of aromatic nitrogens is 2. The van der Waals surface area contributed by atoms with Crippen molar-refractivity contribution in [2.24, 2.45) is 0 Å². The van der Waals surface area contributed by atoms with E-state index in [2.05, 4.69) is 26.1 Å². The molecular formula is C13H9BrFN3O. The van der Waals surface area contributed by atoms with Gasteiger partial charge in [-0.15, -0.1) is 5.10 Å². The molecule has 1 aromatic heterocycles. The summed E-state index contributed by atoms with van der Waals surface area (Å²) in [4.78, 5) is 0. The molecule has 0 bridgehead atoms. The van der Waals surface area contributed by atoms with Gasteiger partial charge in [-0.05, 0) is 53.5 Å². The Labute approximate surface area is 118 Å². The van der Waals surface area contributed by atoms with Gasteiger partial charge in [-0.1, -0.05) is 0 Å². The van der Waals surface area contributed by atoms with E-state index in [4.69, 9.17) is 10.00 Å². The Balaban J connectivity index is 2.41. The lowest BCUT2D eigenvalue weighted by Gasteiger charge is -2.08. The van der Waals surface area contributed by atoms with Gasteiger partial charge in [-0.2, -0.15) is 10.4 Å². The summed E-state index contributed by atoms with van der Waals surface area (Å²) in [6.45, 7) is 3.54. The van der Waals surface area contributed by atoms with Gasteiger partial charge in [0.05, 0.1) is 10.2 Å². The van der Waals surface area contributed by atoms with E-state index < -0.39 is 0 Å². The fourth-order valence-electron chi connectivity index (χ4n) is 1.44. The summed E-state index contributed by atoms with van der Waals surface area (Å²) in [5, 5.41) is 16.9. The molecule has 96 valence electrons. The molecule has 1 heterocycles. The maximum Gasteiger partial charge on any atom is 0.257 e. The minimum atomic E-state index is -0.390. The lowest BCUT2D eigenvalue weighted by molar-refractivity contribution is 0.450. The molecule has 0 unspecified atom stereocenters. The lowest BCUT2D eigenvalue weighted by atomic mass is 10.1. The number of benzene rings is 1. The first kappa shape index (κ1) is 13.4. The van der Waals surface area contributed by atoms with Crippen LogP contribution in [-0.2, 0) is 0 Å². The summed E-state index contributed by atoms with van der Waals surface area (Å²) < 4.78 is 18.9. The van der Waals surface area contributed by atoms with Crippen LogP contribution in [0.3, 0.4) is 0 Å². The van der Waals surface area contributed by atoms with Gasteiger partial charge in [0.1, 0.15) is 23.2 Å². The van der Waals surface area contributed by atoms with E-state index >= 15 is 0 Å². The molecule has 0 aliphatic heterocycles. The van der Waals surface area contributed by atoms with Gasteiger partial charge in [0.2, 0.25) is 0 Å². The van der Waals surface area contributed by atoms with Crippen LogP contribution in [0.1, 0.15) is 16.8 Å². The smallest absolute Gasteiger partial charge is 0.257 e. The van der Waals surface area contributed by atoms with Crippen LogP contribution in [0, 0.1) is 31.0 Å². The van der Waals surface area contributed by atoms with Crippen molar-refractivity contribution in [2.75, 3.05) is 0 Å². The third-order valence-electron chi connectivity index (χ3n) is 2.64. The highest BCUT2D eigenvalue weighted by atomic mass is 79.9. The number of aryl methyl sites for hydroxylation is 1. The summed E-state index contributed by atoms with van der Waals surface area (Å²) in [5.41, 5.74) is 1.71. The number of nitrogens with zero attached hydrogens (tertiary/aromatic N) is 3. The minimum Gasteiger partial charge on any atom is -0.437 e. The predicted octanol–water partition coefficient (Wildman–Crippen LogP) is 3.66. The zero-order valence-electron chi connectivity index (χ0n) is 10.2. The van der Waals surface area contributed by atoms with Crippen molar-refractivity contribution >= 4 is 15.9 Å². The first-order valence-electron chi connectivity index (χ1n) is 5.40. The number of hydrogen-bond acceptors (Lipinski definition) is 4. The highest BCUT2D eigenvalue weighted by molar-refractivity contribution is 9.10. The van der Waals surface area contributed by atoms with E-state index in [0.717, 1.165) is 0 Å². The SMILES string of the molecule is Cc1nnc(Oc2ccc(F)c(Br)c2)c(C#N)c1C. The van der Waals surface area contributed by atoms with Crippen molar-refractivity contribution in [3.63, 3.8) is 0 Å². The van der Waals surface area contributed by atoms with E-state index in [1.54, 1.807) is 13.8 Å². The van der Waals surface area contributed by atoms with Crippen molar-refractivity contribution in [2.45, 2.75) is 13.8 Å². The fourth-order valence-corrected chi connectivity index (χ4v) is 1.80. The maximum atomic E-state index is 13.1. The molecule has 6 heteroatoms. The van der Waals surface area contributed by atoms with Crippen LogP contribution in [0.2, 0.25) is 0 Å². The van der Waals surface area contributed by atoms with Gasteiger partial charge in [0.15, 0.2) is 0 Å². The highest BCUT2D eigenvalue weighted by Crippen LogP contribution is 2.28. The van der Waals surface area contributed by atoms with Crippen molar-refractivity contribution in [3.8, 4) is 17.7 Å². The zero-order valence-corrected chi connectivity index (χ0v) is 11.8. The summed E-state index contributed by atoms with van der Waals surface area (Å²) in [6.07, 6.45) is 0. The largest absolute Gasteiger partial charge is 0.437 e. The van der Waals surface area contributed by atoms with Crippen LogP contribution in [-0.4, -0.2) is 10.2 Å². The topological polar surface area (TPSA) is 58.8 Å². The van der Waals surface area contributed by atoms with Gasteiger partial charge in [0, 0.05) is 0 Å². The first-order valence-corrected chi connectivity index (χ1v) is 6.19. The molecule has 0 aliphatic rings. The molecule has 0 radical (unpaired) electrons. The summed E-state index contributed by atoms with van der Waals surface area (Å²) in [5.74, 6) is 0.102. The molecule has 19 heavy (non-hydrogen) atoms. The Morgan fingerprint density at radius 1 is 1.32 bits per heavy atom. The quantitative estimate of drug-likeness (QED) is 0.847. The lowest BCUT2D eigenvalue weighted by Crippen LogP contribution is -2.00. The third kappa shape index (κ3) is 2.71. The molecule has 2 rings (SSSR count). The standard InChI is InChI=1S/C13H9BrFN3O/c1-7-8(2)17-18-13(10(7)6-16)19-9-3-4-12(15)11(14)5-9/h3-5H,1-2H3. The molecule has 0 fully saturated rings. The number of halogens is 2.